The zero-order valence-electron chi connectivity index (χ0n) is 71.4. The molecule has 3 saturated heterocycles. The highest BCUT2D eigenvalue weighted by atomic mass is 32.2. The van der Waals surface area contributed by atoms with Crippen LogP contribution in [0.2, 0.25) is 0 Å². The van der Waals surface area contributed by atoms with Crippen LogP contribution >= 0.6 is 0 Å². The van der Waals surface area contributed by atoms with Gasteiger partial charge in [0.25, 0.3) is 29.5 Å². The largest absolute Gasteiger partial charge is 0.492 e. The average molecular weight is 1810 g/mol. The first-order valence-corrected chi connectivity index (χ1v) is 46.8. The van der Waals surface area contributed by atoms with Crippen molar-refractivity contribution in [2.45, 2.75) is 76.5 Å². The van der Waals surface area contributed by atoms with E-state index >= 15 is 16.8 Å². The van der Waals surface area contributed by atoms with Gasteiger partial charge >= 0.3 is 0 Å². The molecule has 4 N–H and O–H groups in total. The molecular formula is C94H92F4N10O17S3. The van der Waals surface area contributed by atoms with E-state index in [1.165, 1.54) is 151 Å². The number of rotatable bonds is 25. The van der Waals surface area contributed by atoms with Crippen LogP contribution in [0.4, 0.5) is 34.6 Å². The highest BCUT2D eigenvalue weighted by Gasteiger charge is 2.39. The Morgan fingerprint density at radius 1 is 0.484 bits per heavy atom. The summed E-state index contributed by atoms with van der Waals surface area (Å²) >= 11 is 0. The van der Waals surface area contributed by atoms with E-state index in [4.69, 9.17) is 22.4 Å². The number of nitrogens with one attached hydrogen (secondary N) is 4. The molecule has 27 nitrogen and oxygen atoms in total. The minimum Gasteiger partial charge on any atom is -0.492 e. The zero-order valence-corrected chi connectivity index (χ0v) is 73.9. The van der Waals surface area contributed by atoms with E-state index in [-0.39, 0.29) is 118 Å². The fourth-order valence-corrected chi connectivity index (χ4v) is 20.6. The molecular weight excluding hydrogens is 1710 g/mol. The third-order valence-electron chi connectivity index (χ3n) is 24.7. The minimum absolute atomic E-state index is 0.0264. The highest BCUT2D eigenvalue weighted by Crippen LogP contribution is 2.48. The Hall–Kier alpha value is -13.2. The van der Waals surface area contributed by atoms with Crippen LogP contribution < -0.4 is 33.6 Å². The van der Waals surface area contributed by atoms with Crippen LogP contribution in [-0.2, 0) is 34.9 Å². The molecule has 8 heterocycles. The number of aromatic nitrogens is 1. The molecule has 0 bridgehead atoms. The zero-order chi connectivity index (χ0) is 90.9. The van der Waals surface area contributed by atoms with Gasteiger partial charge in [0.15, 0.2) is 5.76 Å². The number of ether oxygens (including phenoxy) is 1. The second-order valence-electron chi connectivity index (χ2n) is 32.7. The quantitative estimate of drug-likeness (QED) is 0.0305. The molecule has 3 atom stereocenters. The fraction of sp³-hybridized carbons (Fsp3) is 0.298. The van der Waals surface area contributed by atoms with Crippen molar-refractivity contribution in [3.8, 4) is 39.7 Å². The molecule has 666 valence electrons. The number of H-pyrrole nitrogens is 1. The van der Waals surface area contributed by atoms with Crippen LogP contribution in [-0.4, -0.2) is 186 Å². The minimum atomic E-state index is -4.39. The summed E-state index contributed by atoms with van der Waals surface area (Å²) in [4.78, 5) is 93.8. The number of amides is 6. The third-order valence-corrected chi connectivity index (χ3v) is 29.3. The Labute approximate surface area is 734 Å². The third kappa shape index (κ3) is 17.1. The van der Waals surface area contributed by atoms with Crippen molar-refractivity contribution in [3.05, 3.63) is 237 Å². The average Bonchev–Trinajstić information content (AvgIpc) is 1.60. The lowest BCUT2D eigenvalue weighted by Crippen LogP contribution is -2.40. The van der Waals surface area contributed by atoms with Crippen LogP contribution in [0.1, 0.15) is 144 Å². The number of carbonyl (C=O) groups excluding carboxylic acids is 6. The smallest absolute Gasteiger partial charge is 0.289 e. The lowest BCUT2D eigenvalue weighted by molar-refractivity contribution is -0.127. The maximum absolute atomic E-state index is 15.1. The molecule has 128 heavy (non-hydrogen) atoms. The van der Waals surface area contributed by atoms with Gasteiger partial charge in [0, 0.05) is 178 Å². The number of allylic oxidation sites excluding steroid dienone is 1. The molecule has 5 aromatic heterocycles. The van der Waals surface area contributed by atoms with Gasteiger partial charge < -0.3 is 58.0 Å². The number of fused-ring (bicyclic) bond motifs is 5. The predicted octanol–water partition coefficient (Wildman–Crippen LogP) is 15.9. The Kier molecular flexibility index (Phi) is 24.3. The summed E-state index contributed by atoms with van der Waals surface area (Å²) in [6.07, 6.45) is 5.11. The van der Waals surface area contributed by atoms with E-state index in [1.807, 2.05) is 0 Å². The summed E-state index contributed by atoms with van der Waals surface area (Å²) in [5, 5.41) is 9.87. The maximum atomic E-state index is 15.1. The molecule has 6 amide bonds. The molecule has 16 rings (SSSR count). The van der Waals surface area contributed by atoms with E-state index in [0.29, 0.717) is 134 Å². The number of aromatic amines is 1. The van der Waals surface area contributed by atoms with Crippen LogP contribution in [0, 0.1) is 30.2 Å². The SMILES string of the molecule is CNC(=O)c1c(-c2ccc(F)cc2)oc2cc(N(C)S(C)(=O)=O)c([C@@H]3CCCN(C(=O)c4cc5c(OCCS(=O)(=O)N(C)c6cc7oc(-c8ccc(F)cc8)c(C(=O)NC)c7cc6[C@@H]6CCCN(C(=O)/C=C(/C)CCS(=O)(=O)N(C)c7cc8oc(-c9ccc(F)cc9)c(C(=O)NC)c8cc7[C@@H]7CCCN(C(=O)c8oc9ccc(F)cc9c8C)C7)C6)cccc5[nH]4)C3)cc12. The van der Waals surface area contributed by atoms with E-state index < -0.39 is 125 Å². The number of furan rings is 4. The molecule has 3 aliphatic heterocycles. The van der Waals surface area contributed by atoms with Crippen LogP contribution in [0.15, 0.2) is 181 Å². The van der Waals surface area contributed by atoms with Crippen molar-refractivity contribution in [3.63, 3.8) is 0 Å². The Morgan fingerprint density at radius 3 is 1.34 bits per heavy atom. The van der Waals surface area contributed by atoms with Gasteiger partial charge in [-0.3, -0.25) is 41.7 Å². The topological polar surface area (TPSA) is 338 Å². The van der Waals surface area contributed by atoms with Gasteiger partial charge in [0.05, 0.1) is 45.8 Å². The van der Waals surface area contributed by atoms with Crippen molar-refractivity contribution in [2.75, 3.05) is 119 Å². The van der Waals surface area contributed by atoms with Crippen LogP contribution in [0.3, 0.4) is 0 Å². The van der Waals surface area contributed by atoms with Crippen LogP contribution in [0.25, 0.3) is 88.8 Å². The number of hydrogen-bond acceptors (Lipinski definition) is 17. The van der Waals surface area contributed by atoms with Gasteiger partial charge in [-0.05, 0) is 203 Å². The molecule has 13 aromatic rings. The second-order valence-corrected chi connectivity index (χ2v) is 38.9. The molecule has 3 fully saturated rings. The van der Waals surface area contributed by atoms with Gasteiger partial charge in [-0.1, -0.05) is 11.6 Å². The van der Waals surface area contributed by atoms with E-state index in [0.717, 1.165) is 19.2 Å². The lowest BCUT2D eigenvalue weighted by Gasteiger charge is -2.35. The molecule has 8 aromatic carbocycles. The van der Waals surface area contributed by atoms with Gasteiger partial charge in [-0.15, -0.1) is 0 Å². The van der Waals surface area contributed by atoms with Gasteiger partial charge in [-0.25, -0.2) is 42.8 Å². The van der Waals surface area contributed by atoms with E-state index in [9.17, 15) is 54.7 Å². The summed E-state index contributed by atoms with van der Waals surface area (Å²) < 4.78 is 179. The summed E-state index contributed by atoms with van der Waals surface area (Å²) in [5.74, 6) is -7.13. The lowest BCUT2D eigenvalue weighted by atomic mass is 9.88. The highest BCUT2D eigenvalue weighted by molar-refractivity contribution is 7.93. The van der Waals surface area contributed by atoms with E-state index in [2.05, 4.69) is 20.9 Å². The summed E-state index contributed by atoms with van der Waals surface area (Å²) in [6, 6.07) is 36.4. The fourth-order valence-electron chi connectivity index (χ4n) is 17.7. The number of likely N-dealkylation sites (tertiary alicyclic amines) is 3. The first-order chi connectivity index (χ1) is 61.1. The molecule has 0 saturated carbocycles. The molecule has 0 aliphatic carbocycles. The monoisotopic (exact) mass is 1800 g/mol. The standard InChI is InChI=1S/C94H92F4N10O17S3/c1-52(33-38-127(117,118)104(7)75-47-80-71(85(92(112)101-5)89(124-80)56-23-29-62(97)30-24-56)44-67(75)59-16-13-36-108(51-59)94(114)86-53(2)64-41-63(98)31-32-78(64)122-86)40-82(109)106-34-11-14-57(49-106)66-43-70-81(125-88(84(70)91(111)100-4)55-21-27-61(96)28-22-55)48-76(66)105(8)128(119,120)39-37-121-77-18-10-17-72-68(77)45-73(102-72)93(113)107-35-12-15-58(50-107)65-42-69-79(46-74(65)103(6)126(9,115)116)123-87(83(69)90(110)99-3)54-19-25-60(95)26-20-54/h10,17-32,40-48,57-59,102H,11-16,33-39,49-51H2,1-9H3,(H,99,110)(H,100,111)(H,101,112)/b52-40-/t57-,58-,59-/m1/s1. The summed E-state index contributed by atoms with van der Waals surface area (Å²) in [7, 11) is -4.12. The Balaban J connectivity index is 0.645. The number of aryl methyl sites for hydroxylation is 1. The van der Waals surface area contributed by atoms with Crippen molar-refractivity contribution >= 4 is 137 Å². The molecule has 0 unspecified atom stereocenters. The number of nitrogens with zero attached hydrogens (tertiary/aromatic N) is 6. The van der Waals surface area contributed by atoms with Gasteiger partial charge in [-0.2, -0.15) is 0 Å². The summed E-state index contributed by atoms with van der Waals surface area (Å²) in [6.45, 7) is 4.03. The molecule has 0 radical (unpaired) electrons. The number of carbonyl (C=O) groups is 6. The van der Waals surface area contributed by atoms with Crippen LogP contribution in [0.5, 0.6) is 5.75 Å². The molecule has 3 aliphatic rings. The summed E-state index contributed by atoms with van der Waals surface area (Å²) in [5.41, 5.74) is 5.72. The molecule has 34 heteroatoms. The normalized spacial score (nSPS) is 16.1. The molecule has 0 spiro atoms. The maximum Gasteiger partial charge on any atom is 0.289 e. The first-order valence-electron chi connectivity index (χ1n) is 41.7. The number of benzene rings is 8. The number of halogens is 4. The number of anilines is 3. The number of piperidine rings is 3. The first kappa shape index (κ1) is 88.2. The second kappa shape index (κ2) is 35.2. The van der Waals surface area contributed by atoms with E-state index in [1.54, 1.807) is 77.1 Å². The van der Waals surface area contributed by atoms with Gasteiger partial charge in [0.1, 0.15) is 86.7 Å². The number of hydrogen-bond donors (Lipinski definition) is 4. The van der Waals surface area contributed by atoms with Crippen molar-refractivity contribution < 1.29 is 94.0 Å². The Bertz CT molecular complexity index is 7050. The predicted molar refractivity (Wildman–Crippen MR) is 480 cm³/mol. The van der Waals surface area contributed by atoms with Gasteiger partial charge in [0.2, 0.25) is 36.0 Å². The van der Waals surface area contributed by atoms with Crippen molar-refractivity contribution in [2.24, 2.45) is 0 Å². The van der Waals surface area contributed by atoms with Crippen molar-refractivity contribution in [1.82, 2.24) is 35.6 Å². The number of sulfonamides is 3. The van der Waals surface area contributed by atoms with Crippen molar-refractivity contribution in [1.29, 1.82) is 0 Å². The Morgan fingerprint density at radius 2 is 0.898 bits per heavy atom.